The van der Waals surface area contributed by atoms with Crippen LogP contribution in [0.3, 0.4) is 0 Å². The highest BCUT2D eigenvalue weighted by Crippen LogP contribution is 2.24. The van der Waals surface area contributed by atoms with Crippen LogP contribution in [0, 0.1) is 11.7 Å². The Kier molecular flexibility index (Phi) is 5.66. The molecule has 1 saturated heterocycles. The number of nitrogens with zero attached hydrogens (tertiary/aromatic N) is 1. The third-order valence-electron chi connectivity index (χ3n) is 4.77. The second kappa shape index (κ2) is 8.13. The monoisotopic (exact) mass is 354 g/mol. The molecule has 3 rings (SSSR count). The van der Waals surface area contributed by atoms with E-state index in [9.17, 15) is 14.0 Å². The van der Waals surface area contributed by atoms with Gasteiger partial charge in [0.15, 0.2) is 0 Å². The Morgan fingerprint density at radius 2 is 1.92 bits per heavy atom. The van der Waals surface area contributed by atoms with Gasteiger partial charge in [-0.1, -0.05) is 49.4 Å². The van der Waals surface area contributed by atoms with Gasteiger partial charge in [-0.25, -0.2) is 4.39 Å². The molecule has 2 aromatic carbocycles. The zero-order valence-corrected chi connectivity index (χ0v) is 14.9. The predicted molar refractivity (Wildman–Crippen MR) is 98.9 cm³/mol. The highest BCUT2D eigenvalue weighted by molar-refractivity contribution is 5.82. The maximum atomic E-state index is 13.9. The molecule has 1 aliphatic rings. The van der Waals surface area contributed by atoms with Gasteiger partial charge in [-0.3, -0.25) is 9.59 Å². The van der Waals surface area contributed by atoms with E-state index in [1.807, 2.05) is 37.3 Å². The highest BCUT2D eigenvalue weighted by atomic mass is 19.1. The lowest BCUT2D eigenvalue weighted by atomic mass is 9.96. The Morgan fingerprint density at radius 3 is 2.62 bits per heavy atom. The molecule has 0 aliphatic carbocycles. The molecule has 1 N–H and O–H groups in total. The molecule has 0 spiro atoms. The van der Waals surface area contributed by atoms with Crippen molar-refractivity contribution in [3.8, 4) is 11.1 Å². The molecule has 0 bridgehead atoms. The number of hydrogen-bond acceptors (Lipinski definition) is 2. The summed E-state index contributed by atoms with van der Waals surface area (Å²) in [6, 6.07) is 14.3. The van der Waals surface area contributed by atoms with Gasteiger partial charge in [0.2, 0.25) is 11.8 Å². The van der Waals surface area contributed by atoms with Crippen LogP contribution in [0.1, 0.15) is 18.9 Å². The number of carbonyl (C=O) groups is 2. The molecular formula is C21H23FN2O2. The average molecular weight is 354 g/mol. The van der Waals surface area contributed by atoms with Gasteiger partial charge in [0.1, 0.15) is 5.82 Å². The first kappa shape index (κ1) is 18.1. The first-order valence-corrected chi connectivity index (χ1v) is 8.97. The molecule has 0 unspecified atom stereocenters. The maximum Gasteiger partial charge on any atom is 0.225 e. The van der Waals surface area contributed by atoms with Crippen molar-refractivity contribution in [1.82, 2.24) is 10.2 Å². The van der Waals surface area contributed by atoms with Gasteiger partial charge < -0.3 is 10.2 Å². The Bertz CT molecular complexity index is 789. The minimum atomic E-state index is -0.271. The van der Waals surface area contributed by atoms with Crippen LogP contribution in [0.4, 0.5) is 4.39 Å². The van der Waals surface area contributed by atoms with Gasteiger partial charge in [-0.15, -0.1) is 0 Å². The average Bonchev–Trinajstić information content (AvgIpc) is 2.84. The molecule has 0 saturated carbocycles. The fraction of sp³-hybridized carbons (Fsp3) is 0.333. The summed E-state index contributed by atoms with van der Waals surface area (Å²) in [4.78, 5) is 26.1. The summed E-state index contributed by atoms with van der Waals surface area (Å²) in [7, 11) is 0. The molecule has 4 nitrogen and oxygen atoms in total. The third kappa shape index (κ3) is 4.10. The van der Waals surface area contributed by atoms with Crippen molar-refractivity contribution in [1.29, 1.82) is 0 Å². The van der Waals surface area contributed by atoms with E-state index in [2.05, 4.69) is 5.32 Å². The van der Waals surface area contributed by atoms with E-state index in [0.717, 1.165) is 11.1 Å². The zero-order chi connectivity index (χ0) is 18.5. The van der Waals surface area contributed by atoms with Crippen molar-refractivity contribution in [2.24, 2.45) is 5.92 Å². The van der Waals surface area contributed by atoms with E-state index in [0.29, 0.717) is 38.0 Å². The van der Waals surface area contributed by atoms with Crippen LogP contribution in [0.5, 0.6) is 0 Å². The maximum absolute atomic E-state index is 13.9. The van der Waals surface area contributed by atoms with Crippen LogP contribution < -0.4 is 5.32 Å². The molecule has 136 valence electrons. The minimum Gasteiger partial charge on any atom is -0.354 e. The van der Waals surface area contributed by atoms with Crippen molar-refractivity contribution in [3.63, 3.8) is 0 Å². The van der Waals surface area contributed by atoms with Gasteiger partial charge in [-0.05, 0) is 23.6 Å². The van der Waals surface area contributed by atoms with E-state index in [4.69, 9.17) is 0 Å². The number of nitrogens with one attached hydrogen (secondary N) is 1. The molecule has 1 fully saturated rings. The number of carbonyl (C=O) groups excluding carboxylic acids is 2. The van der Waals surface area contributed by atoms with E-state index in [1.54, 1.807) is 17.0 Å². The Hall–Kier alpha value is -2.69. The SMILES string of the molecule is CCC(=O)N1CCNC(=O)[C@@H](Cc2ccc(-c3ccccc3F)cc2)C1. The van der Waals surface area contributed by atoms with Crippen molar-refractivity contribution >= 4 is 11.8 Å². The second-order valence-corrected chi connectivity index (χ2v) is 6.56. The van der Waals surface area contributed by atoms with Crippen LogP contribution in [-0.2, 0) is 16.0 Å². The van der Waals surface area contributed by atoms with Crippen LogP contribution in [-0.4, -0.2) is 36.3 Å². The zero-order valence-electron chi connectivity index (χ0n) is 14.9. The van der Waals surface area contributed by atoms with Gasteiger partial charge in [-0.2, -0.15) is 0 Å². The topological polar surface area (TPSA) is 49.4 Å². The van der Waals surface area contributed by atoms with Crippen molar-refractivity contribution < 1.29 is 14.0 Å². The quantitative estimate of drug-likeness (QED) is 0.918. The van der Waals surface area contributed by atoms with Crippen LogP contribution in [0.2, 0.25) is 0 Å². The van der Waals surface area contributed by atoms with Crippen molar-refractivity contribution in [2.45, 2.75) is 19.8 Å². The number of benzene rings is 2. The lowest BCUT2D eigenvalue weighted by molar-refractivity contribution is -0.131. The van der Waals surface area contributed by atoms with Crippen LogP contribution in [0.25, 0.3) is 11.1 Å². The predicted octanol–water partition coefficient (Wildman–Crippen LogP) is 3.02. The normalized spacial score (nSPS) is 17.5. The molecule has 1 heterocycles. The van der Waals surface area contributed by atoms with Crippen LogP contribution >= 0.6 is 0 Å². The van der Waals surface area contributed by atoms with Crippen molar-refractivity contribution in [3.05, 3.63) is 59.9 Å². The lowest BCUT2D eigenvalue weighted by Crippen LogP contribution is -2.36. The number of rotatable bonds is 4. The number of halogens is 1. The van der Waals surface area contributed by atoms with E-state index < -0.39 is 0 Å². The smallest absolute Gasteiger partial charge is 0.225 e. The summed E-state index contributed by atoms with van der Waals surface area (Å²) < 4.78 is 13.9. The molecule has 2 aromatic rings. The Labute approximate surface area is 153 Å². The summed E-state index contributed by atoms with van der Waals surface area (Å²) in [6.45, 7) is 3.32. The minimum absolute atomic E-state index is 0.0189. The Balaban J connectivity index is 1.74. The summed E-state index contributed by atoms with van der Waals surface area (Å²) in [6.07, 6.45) is 0.995. The van der Waals surface area contributed by atoms with Gasteiger partial charge in [0, 0.05) is 31.6 Å². The summed E-state index contributed by atoms with van der Waals surface area (Å²) in [5.74, 6) is -0.472. The van der Waals surface area contributed by atoms with Gasteiger partial charge in [0.25, 0.3) is 0 Å². The number of hydrogen-bond donors (Lipinski definition) is 1. The standard InChI is InChI=1S/C21H23FN2O2/c1-2-20(25)24-12-11-23-21(26)17(14-24)13-15-7-9-16(10-8-15)18-5-3-4-6-19(18)22/h3-10,17H,2,11-14H2,1H3,(H,23,26)/t17-/m0/s1. The first-order valence-electron chi connectivity index (χ1n) is 8.97. The number of amides is 2. The second-order valence-electron chi connectivity index (χ2n) is 6.56. The van der Waals surface area contributed by atoms with E-state index >= 15 is 0 Å². The molecule has 5 heteroatoms. The van der Waals surface area contributed by atoms with Crippen LogP contribution in [0.15, 0.2) is 48.5 Å². The van der Waals surface area contributed by atoms with E-state index in [1.165, 1.54) is 6.07 Å². The fourth-order valence-electron chi connectivity index (χ4n) is 3.31. The lowest BCUT2D eigenvalue weighted by Gasteiger charge is -2.22. The third-order valence-corrected chi connectivity index (χ3v) is 4.77. The summed E-state index contributed by atoms with van der Waals surface area (Å²) in [5.41, 5.74) is 2.36. The highest BCUT2D eigenvalue weighted by Gasteiger charge is 2.27. The summed E-state index contributed by atoms with van der Waals surface area (Å²) in [5, 5.41) is 2.89. The Morgan fingerprint density at radius 1 is 1.19 bits per heavy atom. The largest absolute Gasteiger partial charge is 0.354 e. The molecule has 0 radical (unpaired) electrons. The molecule has 26 heavy (non-hydrogen) atoms. The van der Waals surface area contributed by atoms with Gasteiger partial charge in [0.05, 0.1) is 5.92 Å². The van der Waals surface area contributed by atoms with E-state index in [-0.39, 0.29) is 23.5 Å². The molecule has 1 atom stereocenters. The summed E-state index contributed by atoms with van der Waals surface area (Å²) >= 11 is 0. The molecule has 0 aromatic heterocycles. The molecule has 1 aliphatic heterocycles. The molecular weight excluding hydrogens is 331 g/mol. The molecule has 2 amide bonds. The van der Waals surface area contributed by atoms with Crippen molar-refractivity contribution in [2.75, 3.05) is 19.6 Å². The fourth-order valence-corrected chi connectivity index (χ4v) is 3.31. The van der Waals surface area contributed by atoms with Gasteiger partial charge >= 0.3 is 0 Å². The first-order chi connectivity index (χ1) is 12.6.